The fraction of sp³-hybridized carbons (Fsp3) is 1.00. The summed E-state index contributed by atoms with van der Waals surface area (Å²) in [7, 11) is 0. The Morgan fingerprint density at radius 3 is 2.42 bits per heavy atom. The molecular weight excluding hydrogens is 234 g/mol. The van der Waals surface area contributed by atoms with Gasteiger partial charge in [0.05, 0.1) is 11.7 Å². The van der Waals surface area contributed by atoms with Crippen molar-refractivity contribution in [1.82, 2.24) is 5.32 Å². The minimum absolute atomic E-state index is 0.0188. The van der Waals surface area contributed by atoms with Gasteiger partial charge in [-0.3, -0.25) is 0 Å². The summed E-state index contributed by atoms with van der Waals surface area (Å²) in [5.41, 5.74) is 0.0188. The molecule has 1 rings (SSSR count). The molecular formula is C17H35NO. The summed E-state index contributed by atoms with van der Waals surface area (Å²) in [5, 5.41) is 3.71. The maximum atomic E-state index is 6.45. The molecule has 0 aromatic carbocycles. The van der Waals surface area contributed by atoms with E-state index in [2.05, 4.69) is 39.9 Å². The first kappa shape index (κ1) is 17.0. The van der Waals surface area contributed by atoms with Gasteiger partial charge in [-0.2, -0.15) is 0 Å². The van der Waals surface area contributed by atoms with Crippen molar-refractivity contribution in [3.05, 3.63) is 0 Å². The molecule has 3 atom stereocenters. The lowest BCUT2D eigenvalue weighted by molar-refractivity contribution is -0.107. The summed E-state index contributed by atoms with van der Waals surface area (Å²) < 4.78 is 6.45. The first-order chi connectivity index (χ1) is 9.02. The lowest BCUT2D eigenvalue weighted by atomic mass is 9.81. The highest BCUT2D eigenvalue weighted by atomic mass is 16.5. The largest absolute Gasteiger partial charge is 0.371 e. The highest BCUT2D eigenvalue weighted by Crippen LogP contribution is 2.32. The van der Waals surface area contributed by atoms with Crippen molar-refractivity contribution in [2.24, 2.45) is 5.92 Å². The second-order valence-electron chi connectivity index (χ2n) is 6.80. The summed E-state index contributed by atoms with van der Waals surface area (Å²) in [6.45, 7) is 12.3. The second-order valence-corrected chi connectivity index (χ2v) is 6.80. The molecule has 0 saturated heterocycles. The Balaban J connectivity index is 2.59. The Bertz CT molecular complexity index is 239. The molecule has 2 nitrogen and oxygen atoms in total. The second kappa shape index (κ2) is 8.26. The van der Waals surface area contributed by atoms with Crippen LogP contribution in [0, 0.1) is 5.92 Å². The van der Waals surface area contributed by atoms with E-state index >= 15 is 0 Å². The molecule has 0 amide bonds. The van der Waals surface area contributed by atoms with Gasteiger partial charge >= 0.3 is 0 Å². The fourth-order valence-corrected chi connectivity index (χ4v) is 3.07. The van der Waals surface area contributed by atoms with Crippen molar-refractivity contribution >= 4 is 0 Å². The fourth-order valence-electron chi connectivity index (χ4n) is 3.07. The molecule has 1 aliphatic rings. The van der Waals surface area contributed by atoms with Crippen LogP contribution in [0.1, 0.15) is 79.6 Å². The van der Waals surface area contributed by atoms with Crippen molar-refractivity contribution < 1.29 is 4.74 Å². The van der Waals surface area contributed by atoms with E-state index in [1.165, 1.54) is 38.5 Å². The summed E-state index contributed by atoms with van der Waals surface area (Å²) in [5.74, 6) is 0.877. The van der Waals surface area contributed by atoms with Crippen LogP contribution in [-0.4, -0.2) is 24.3 Å². The van der Waals surface area contributed by atoms with Gasteiger partial charge in [-0.1, -0.05) is 33.6 Å². The zero-order chi connectivity index (χ0) is 14.3. The van der Waals surface area contributed by atoms with Gasteiger partial charge in [0.1, 0.15) is 0 Å². The molecule has 19 heavy (non-hydrogen) atoms. The Morgan fingerprint density at radius 1 is 1.11 bits per heavy atom. The maximum absolute atomic E-state index is 6.45. The van der Waals surface area contributed by atoms with E-state index in [4.69, 9.17) is 4.74 Å². The number of rotatable bonds is 8. The van der Waals surface area contributed by atoms with Gasteiger partial charge in [-0.25, -0.2) is 0 Å². The Hall–Kier alpha value is -0.0800. The number of ether oxygens (including phenoxy) is 1. The van der Waals surface area contributed by atoms with Gasteiger partial charge in [0, 0.05) is 6.04 Å². The number of nitrogens with one attached hydrogen (secondary N) is 1. The van der Waals surface area contributed by atoms with Crippen LogP contribution in [0.2, 0.25) is 0 Å². The predicted molar refractivity (Wildman–Crippen MR) is 83.6 cm³/mol. The molecule has 0 aromatic rings. The first-order valence-electron chi connectivity index (χ1n) is 8.43. The molecule has 1 aliphatic carbocycles. The molecule has 3 unspecified atom stereocenters. The molecule has 0 aromatic heterocycles. The molecule has 0 spiro atoms. The zero-order valence-electron chi connectivity index (χ0n) is 13.8. The van der Waals surface area contributed by atoms with Crippen molar-refractivity contribution in [1.29, 1.82) is 0 Å². The highest BCUT2D eigenvalue weighted by Gasteiger charge is 2.33. The van der Waals surface area contributed by atoms with E-state index < -0.39 is 0 Å². The smallest absolute Gasteiger partial charge is 0.0737 e. The molecule has 0 heterocycles. The van der Waals surface area contributed by atoms with Gasteiger partial charge < -0.3 is 10.1 Å². The van der Waals surface area contributed by atoms with Crippen LogP contribution in [0.4, 0.5) is 0 Å². The lowest BCUT2D eigenvalue weighted by Gasteiger charge is -2.41. The zero-order valence-corrected chi connectivity index (χ0v) is 13.8. The first-order valence-corrected chi connectivity index (χ1v) is 8.43. The number of hydrogen-bond donors (Lipinski definition) is 1. The summed E-state index contributed by atoms with van der Waals surface area (Å²) in [6.07, 6.45) is 9.29. The van der Waals surface area contributed by atoms with Gasteiger partial charge in [0.15, 0.2) is 0 Å². The van der Waals surface area contributed by atoms with Crippen molar-refractivity contribution in [3.63, 3.8) is 0 Å². The minimum Gasteiger partial charge on any atom is -0.371 e. The molecule has 2 heteroatoms. The molecule has 114 valence electrons. The molecule has 1 fully saturated rings. The molecule has 1 saturated carbocycles. The third-order valence-electron chi connectivity index (χ3n) is 4.58. The maximum Gasteiger partial charge on any atom is 0.0737 e. The highest BCUT2D eigenvalue weighted by molar-refractivity contribution is 4.87. The van der Waals surface area contributed by atoms with Gasteiger partial charge in [0.25, 0.3) is 0 Å². The third-order valence-corrected chi connectivity index (χ3v) is 4.58. The monoisotopic (exact) mass is 269 g/mol. The third kappa shape index (κ3) is 5.83. The Labute approximate surface area is 120 Å². The van der Waals surface area contributed by atoms with Crippen LogP contribution < -0.4 is 5.32 Å². The van der Waals surface area contributed by atoms with Crippen LogP contribution in [-0.2, 0) is 4.74 Å². The van der Waals surface area contributed by atoms with Crippen LogP contribution in [0.25, 0.3) is 0 Å². The molecule has 0 bridgehead atoms. The molecule has 0 radical (unpaired) electrons. The normalized spacial score (nSPS) is 28.6. The average Bonchev–Trinajstić information content (AvgIpc) is 2.38. The minimum atomic E-state index is 0.0188. The van der Waals surface area contributed by atoms with Gasteiger partial charge in [-0.15, -0.1) is 0 Å². The standard InChI is InChI=1S/C17H35NO/c1-6-9-14-10-11-15(18-12-7-2)16(13-14)19-17(4,5)8-3/h14-16,18H,6-13H2,1-5H3. The summed E-state index contributed by atoms with van der Waals surface area (Å²) >= 11 is 0. The summed E-state index contributed by atoms with van der Waals surface area (Å²) in [6, 6.07) is 0.568. The Morgan fingerprint density at radius 2 is 1.84 bits per heavy atom. The van der Waals surface area contributed by atoms with E-state index in [0.717, 1.165) is 18.9 Å². The van der Waals surface area contributed by atoms with Crippen LogP contribution in [0.15, 0.2) is 0 Å². The van der Waals surface area contributed by atoms with Crippen molar-refractivity contribution in [2.75, 3.05) is 6.54 Å². The van der Waals surface area contributed by atoms with Gasteiger partial charge in [0.2, 0.25) is 0 Å². The summed E-state index contributed by atoms with van der Waals surface area (Å²) in [4.78, 5) is 0. The van der Waals surface area contributed by atoms with E-state index in [0.29, 0.717) is 12.1 Å². The van der Waals surface area contributed by atoms with Crippen molar-refractivity contribution in [3.8, 4) is 0 Å². The molecule has 0 aliphatic heterocycles. The van der Waals surface area contributed by atoms with E-state index in [9.17, 15) is 0 Å². The SMILES string of the molecule is CCCNC1CCC(CCC)CC1OC(C)(C)CC. The van der Waals surface area contributed by atoms with E-state index in [1.807, 2.05) is 0 Å². The Kier molecular flexibility index (Phi) is 7.38. The van der Waals surface area contributed by atoms with E-state index in [-0.39, 0.29) is 5.60 Å². The van der Waals surface area contributed by atoms with Crippen molar-refractivity contribution in [2.45, 2.75) is 97.3 Å². The lowest BCUT2D eigenvalue weighted by Crippen LogP contribution is -2.48. The van der Waals surface area contributed by atoms with Crippen LogP contribution in [0.3, 0.4) is 0 Å². The predicted octanol–water partition coefficient (Wildman–Crippen LogP) is 4.53. The number of hydrogen-bond acceptors (Lipinski definition) is 2. The average molecular weight is 269 g/mol. The molecule has 1 N–H and O–H groups in total. The van der Waals surface area contributed by atoms with Gasteiger partial charge in [-0.05, 0) is 58.4 Å². The quantitative estimate of drug-likeness (QED) is 0.699. The topological polar surface area (TPSA) is 21.3 Å². The van der Waals surface area contributed by atoms with Crippen LogP contribution >= 0.6 is 0 Å². The van der Waals surface area contributed by atoms with Crippen LogP contribution in [0.5, 0.6) is 0 Å². The van der Waals surface area contributed by atoms with E-state index in [1.54, 1.807) is 0 Å².